The van der Waals surface area contributed by atoms with Crippen LogP contribution in [0.2, 0.25) is 0 Å². The van der Waals surface area contributed by atoms with Gasteiger partial charge in [-0.25, -0.2) is 0 Å². The van der Waals surface area contributed by atoms with Gasteiger partial charge in [0.25, 0.3) is 11.8 Å². The van der Waals surface area contributed by atoms with Crippen molar-refractivity contribution >= 4 is 17.5 Å². The van der Waals surface area contributed by atoms with Gasteiger partial charge >= 0.3 is 0 Å². The molecule has 7 nitrogen and oxygen atoms in total. The zero-order valence-corrected chi connectivity index (χ0v) is 22.8. The molecular formula is C32H31N5O2. The summed E-state index contributed by atoms with van der Waals surface area (Å²) >= 11 is 0. The maximum Gasteiger partial charge on any atom is 0.255 e. The smallest absolute Gasteiger partial charge is 0.255 e. The van der Waals surface area contributed by atoms with Crippen molar-refractivity contribution in [1.29, 1.82) is 5.26 Å². The van der Waals surface area contributed by atoms with Gasteiger partial charge in [0.1, 0.15) is 0 Å². The molecule has 196 valence electrons. The van der Waals surface area contributed by atoms with Gasteiger partial charge < -0.3 is 10.6 Å². The van der Waals surface area contributed by atoms with Gasteiger partial charge in [-0.1, -0.05) is 39.0 Å². The van der Waals surface area contributed by atoms with E-state index in [2.05, 4.69) is 26.7 Å². The number of carbonyl (C=O) groups is 2. The Kier molecular flexibility index (Phi) is 7.87. The molecule has 0 bridgehead atoms. The highest BCUT2D eigenvalue weighted by molar-refractivity contribution is 6.05. The summed E-state index contributed by atoms with van der Waals surface area (Å²) < 4.78 is 0. The quantitative estimate of drug-likeness (QED) is 0.321. The molecular weight excluding hydrogens is 486 g/mol. The van der Waals surface area contributed by atoms with Crippen LogP contribution in [-0.2, 0) is 12.0 Å². The molecule has 0 saturated heterocycles. The summed E-state index contributed by atoms with van der Waals surface area (Å²) in [7, 11) is 0. The number of aryl methyl sites for hydroxylation is 2. The van der Waals surface area contributed by atoms with E-state index in [4.69, 9.17) is 0 Å². The molecule has 0 fully saturated rings. The lowest BCUT2D eigenvalue weighted by atomic mass is 9.85. The fourth-order valence-electron chi connectivity index (χ4n) is 4.13. The molecule has 0 atom stereocenters. The maximum atomic E-state index is 13.1. The first kappa shape index (κ1) is 27.2. The van der Waals surface area contributed by atoms with Crippen molar-refractivity contribution in [1.82, 2.24) is 15.3 Å². The molecule has 0 aliphatic heterocycles. The Morgan fingerprint density at radius 2 is 1.67 bits per heavy atom. The molecule has 2 amide bonds. The molecule has 2 N–H and O–H groups in total. The molecule has 2 aromatic carbocycles. The average molecular weight is 518 g/mol. The fraction of sp³-hybridized carbons (Fsp3) is 0.219. The average Bonchev–Trinajstić information content (AvgIpc) is 2.92. The van der Waals surface area contributed by atoms with Gasteiger partial charge in [-0.15, -0.1) is 0 Å². The van der Waals surface area contributed by atoms with Crippen LogP contribution in [0.3, 0.4) is 0 Å². The second-order valence-electron chi connectivity index (χ2n) is 10.5. The Hall–Kier alpha value is -4.83. The number of amides is 2. The Morgan fingerprint density at radius 1 is 0.923 bits per heavy atom. The van der Waals surface area contributed by atoms with E-state index in [0.29, 0.717) is 28.9 Å². The number of carbonyl (C=O) groups excluding carboxylic acids is 2. The Labute approximate surface area is 229 Å². The molecule has 0 aliphatic rings. The van der Waals surface area contributed by atoms with Crippen LogP contribution < -0.4 is 10.6 Å². The molecule has 0 aliphatic carbocycles. The molecule has 2 aromatic heterocycles. The van der Waals surface area contributed by atoms with Crippen LogP contribution in [0, 0.1) is 25.2 Å². The minimum atomic E-state index is -0.315. The van der Waals surface area contributed by atoms with E-state index < -0.39 is 0 Å². The number of hydrogen-bond acceptors (Lipinski definition) is 5. The third-order valence-corrected chi connectivity index (χ3v) is 6.37. The van der Waals surface area contributed by atoms with E-state index >= 15 is 0 Å². The van der Waals surface area contributed by atoms with Crippen LogP contribution in [0.1, 0.15) is 69.7 Å². The standard InChI is InChI=1S/C32H31N5O2/c1-20-7-6-8-27(36-20)18-35-30(38)24-11-9-23(10-12-24)29-16-28(19-34-21(29)2)37-31(39)25-13-22(17-33)14-26(15-25)32(3,4)5/h6-16,19H,18H2,1-5H3,(H,35,38)(H,37,39). The molecule has 0 radical (unpaired) electrons. The summed E-state index contributed by atoms with van der Waals surface area (Å²) in [6, 6.07) is 22.2. The lowest BCUT2D eigenvalue weighted by Gasteiger charge is -2.20. The van der Waals surface area contributed by atoms with Crippen LogP contribution in [0.4, 0.5) is 5.69 Å². The van der Waals surface area contributed by atoms with E-state index in [0.717, 1.165) is 33.8 Å². The number of aromatic nitrogens is 2. The predicted molar refractivity (Wildman–Crippen MR) is 152 cm³/mol. The molecule has 7 heteroatoms. The highest BCUT2D eigenvalue weighted by atomic mass is 16.2. The number of benzene rings is 2. The van der Waals surface area contributed by atoms with Crippen molar-refractivity contribution in [3.63, 3.8) is 0 Å². The molecule has 2 heterocycles. The monoisotopic (exact) mass is 517 g/mol. The first-order chi connectivity index (χ1) is 18.5. The minimum Gasteiger partial charge on any atom is -0.346 e. The van der Waals surface area contributed by atoms with Crippen molar-refractivity contribution in [2.75, 3.05) is 5.32 Å². The minimum absolute atomic E-state index is 0.185. The van der Waals surface area contributed by atoms with Gasteiger partial charge in [0, 0.05) is 28.1 Å². The van der Waals surface area contributed by atoms with E-state index in [9.17, 15) is 14.9 Å². The summed E-state index contributed by atoms with van der Waals surface area (Å²) in [6.45, 7) is 10.3. The number of nitrogens with one attached hydrogen (secondary N) is 2. The fourth-order valence-corrected chi connectivity index (χ4v) is 4.13. The first-order valence-corrected chi connectivity index (χ1v) is 12.7. The van der Waals surface area contributed by atoms with Gasteiger partial charge in [0.15, 0.2) is 0 Å². The largest absolute Gasteiger partial charge is 0.346 e. The zero-order chi connectivity index (χ0) is 28.2. The van der Waals surface area contributed by atoms with Gasteiger partial charge in [0.2, 0.25) is 0 Å². The normalized spacial score (nSPS) is 11.0. The molecule has 0 unspecified atom stereocenters. The van der Waals surface area contributed by atoms with Gasteiger partial charge in [-0.2, -0.15) is 5.26 Å². The number of pyridine rings is 2. The second-order valence-corrected chi connectivity index (χ2v) is 10.5. The summed E-state index contributed by atoms with van der Waals surface area (Å²) in [5, 5.41) is 15.3. The Bertz CT molecular complexity index is 1580. The van der Waals surface area contributed by atoms with Crippen LogP contribution in [0.5, 0.6) is 0 Å². The Morgan fingerprint density at radius 3 is 2.33 bits per heavy atom. The molecule has 0 saturated carbocycles. The summed E-state index contributed by atoms with van der Waals surface area (Å²) in [6.07, 6.45) is 1.61. The number of nitriles is 1. The van der Waals surface area contributed by atoms with Crippen LogP contribution in [-0.4, -0.2) is 21.8 Å². The maximum absolute atomic E-state index is 13.1. The summed E-state index contributed by atoms with van der Waals surface area (Å²) in [4.78, 5) is 34.6. The Balaban J connectivity index is 1.50. The number of rotatable bonds is 6. The number of hydrogen-bond donors (Lipinski definition) is 2. The van der Waals surface area contributed by atoms with Crippen molar-refractivity contribution in [3.8, 4) is 17.2 Å². The number of nitrogens with zero attached hydrogens (tertiary/aromatic N) is 3. The number of anilines is 1. The summed E-state index contributed by atoms with van der Waals surface area (Å²) in [5.41, 5.74) is 6.83. The molecule has 0 spiro atoms. The van der Waals surface area contributed by atoms with Crippen LogP contribution in [0.15, 0.2) is 72.9 Å². The third-order valence-electron chi connectivity index (χ3n) is 6.37. The second kappa shape index (κ2) is 11.3. The van der Waals surface area contributed by atoms with Gasteiger partial charge in [-0.05, 0) is 78.9 Å². The van der Waals surface area contributed by atoms with E-state index in [1.807, 2.05) is 83.1 Å². The lowest BCUT2D eigenvalue weighted by Crippen LogP contribution is -2.23. The zero-order valence-electron chi connectivity index (χ0n) is 22.8. The first-order valence-electron chi connectivity index (χ1n) is 12.7. The van der Waals surface area contributed by atoms with Gasteiger partial charge in [-0.3, -0.25) is 19.6 Å². The highest BCUT2D eigenvalue weighted by Gasteiger charge is 2.18. The van der Waals surface area contributed by atoms with Crippen molar-refractivity contribution in [3.05, 3.63) is 112 Å². The predicted octanol–water partition coefficient (Wildman–Crippen LogP) is 6.11. The van der Waals surface area contributed by atoms with Crippen molar-refractivity contribution < 1.29 is 9.59 Å². The SMILES string of the molecule is Cc1cccc(CNC(=O)c2ccc(-c3cc(NC(=O)c4cc(C#N)cc(C(C)(C)C)c4)cnc3C)cc2)n1. The summed E-state index contributed by atoms with van der Waals surface area (Å²) in [5.74, 6) is -0.501. The molecule has 39 heavy (non-hydrogen) atoms. The molecule has 4 aromatic rings. The van der Waals surface area contributed by atoms with E-state index in [1.165, 1.54) is 0 Å². The van der Waals surface area contributed by atoms with Crippen molar-refractivity contribution in [2.24, 2.45) is 0 Å². The topological polar surface area (TPSA) is 108 Å². The van der Waals surface area contributed by atoms with Crippen LogP contribution in [0.25, 0.3) is 11.1 Å². The van der Waals surface area contributed by atoms with Crippen molar-refractivity contribution in [2.45, 2.75) is 46.6 Å². The van der Waals surface area contributed by atoms with Crippen LogP contribution >= 0.6 is 0 Å². The highest BCUT2D eigenvalue weighted by Crippen LogP contribution is 2.27. The lowest BCUT2D eigenvalue weighted by molar-refractivity contribution is 0.0949. The molecule has 4 rings (SSSR count). The van der Waals surface area contributed by atoms with E-state index in [1.54, 1.807) is 24.4 Å². The van der Waals surface area contributed by atoms with Gasteiger partial charge in [0.05, 0.1) is 35.8 Å². The third kappa shape index (κ3) is 6.74. The van der Waals surface area contributed by atoms with E-state index in [-0.39, 0.29) is 17.2 Å².